The molecule has 2 aromatic rings. The molecule has 0 spiro atoms. The Morgan fingerprint density at radius 2 is 1.93 bits per heavy atom. The maximum atomic E-state index is 15.5. The number of carbonyl (C=O) groups excluding carboxylic acids is 2. The molecule has 0 aliphatic heterocycles. The van der Waals surface area contributed by atoms with Crippen LogP contribution in [-0.2, 0) is 4.79 Å². The van der Waals surface area contributed by atoms with Crippen molar-refractivity contribution in [2.24, 2.45) is 5.73 Å². The molecule has 5 N–H and O–H groups in total. The third-order valence-corrected chi connectivity index (χ3v) is 4.89. The number of benzene rings is 2. The standard InChI is InChI=1S/C22H28FN3O3/c1-5-17(26-13(3)11-19(25)27)15-7-9-18(29-4)20(21(15)23)22(28)14-6-8-16(24)12(2)10-14/h6-10,13,17,26H,5,11,24H2,1-4H3,(H2,25,27)/t13-,17?/m1/s1. The van der Waals surface area contributed by atoms with Gasteiger partial charge >= 0.3 is 0 Å². The second-order valence-electron chi connectivity index (χ2n) is 7.15. The van der Waals surface area contributed by atoms with Gasteiger partial charge in [0.05, 0.1) is 7.11 Å². The lowest BCUT2D eigenvalue weighted by molar-refractivity contribution is -0.118. The number of nitrogens with two attached hydrogens (primary N) is 2. The number of nitrogen functional groups attached to an aromatic ring is 1. The van der Waals surface area contributed by atoms with Gasteiger partial charge in [0.2, 0.25) is 5.91 Å². The molecule has 0 heterocycles. The maximum absolute atomic E-state index is 15.5. The highest BCUT2D eigenvalue weighted by atomic mass is 19.1. The fourth-order valence-corrected chi connectivity index (χ4v) is 3.32. The monoisotopic (exact) mass is 401 g/mol. The number of primary amides is 1. The number of aryl methyl sites for hydroxylation is 1. The molecule has 0 fully saturated rings. The van der Waals surface area contributed by atoms with Crippen LogP contribution >= 0.6 is 0 Å². The van der Waals surface area contributed by atoms with E-state index in [1.54, 1.807) is 44.2 Å². The minimum atomic E-state index is -0.644. The van der Waals surface area contributed by atoms with Crippen molar-refractivity contribution in [3.05, 3.63) is 58.4 Å². The third-order valence-electron chi connectivity index (χ3n) is 4.89. The summed E-state index contributed by atoms with van der Waals surface area (Å²) in [5.74, 6) is -1.41. The van der Waals surface area contributed by atoms with E-state index in [2.05, 4.69) is 5.32 Å². The van der Waals surface area contributed by atoms with Crippen LogP contribution in [-0.4, -0.2) is 24.8 Å². The number of carbonyl (C=O) groups is 2. The summed E-state index contributed by atoms with van der Waals surface area (Å²) in [5.41, 5.74) is 12.9. The van der Waals surface area contributed by atoms with Crippen molar-refractivity contribution in [2.75, 3.05) is 12.8 Å². The van der Waals surface area contributed by atoms with Crippen molar-refractivity contribution in [2.45, 2.75) is 45.7 Å². The molecule has 0 aliphatic rings. The minimum Gasteiger partial charge on any atom is -0.496 e. The average Bonchev–Trinajstić information content (AvgIpc) is 2.67. The fraction of sp³-hybridized carbons (Fsp3) is 0.364. The number of amides is 1. The van der Waals surface area contributed by atoms with Gasteiger partial charge in [-0.15, -0.1) is 0 Å². The molecule has 156 valence electrons. The number of anilines is 1. The quantitative estimate of drug-likeness (QED) is 0.442. The number of ether oxygens (including phenoxy) is 1. The number of ketones is 1. The summed E-state index contributed by atoms with van der Waals surface area (Å²) in [4.78, 5) is 24.3. The average molecular weight is 401 g/mol. The van der Waals surface area contributed by atoms with E-state index in [0.29, 0.717) is 23.2 Å². The molecule has 0 saturated heterocycles. The smallest absolute Gasteiger partial charge is 0.218 e. The second kappa shape index (κ2) is 9.52. The molecular weight excluding hydrogens is 373 g/mol. The fourth-order valence-electron chi connectivity index (χ4n) is 3.32. The van der Waals surface area contributed by atoms with E-state index in [4.69, 9.17) is 16.2 Å². The van der Waals surface area contributed by atoms with Gasteiger partial charge in [0.15, 0.2) is 5.78 Å². The van der Waals surface area contributed by atoms with Gasteiger partial charge in [-0.2, -0.15) is 0 Å². The molecule has 6 nitrogen and oxygen atoms in total. The zero-order chi connectivity index (χ0) is 21.7. The molecular formula is C22H28FN3O3. The Labute approximate surface area is 170 Å². The van der Waals surface area contributed by atoms with Gasteiger partial charge in [0.25, 0.3) is 0 Å². The summed E-state index contributed by atoms with van der Waals surface area (Å²) < 4.78 is 20.8. The molecule has 1 unspecified atom stereocenters. The lowest BCUT2D eigenvalue weighted by Crippen LogP contribution is -2.34. The number of methoxy groups -OCH3 is 1. The van der Waals surface area contributed by atoms with E-state index in [0.717, 1.165) is 5.56 Å². The highest BCUT2D eigenvalue weighted by Gasteiger charge is 2.26. The number of halogens is 1. The number of rotatable bonds is 9. The number of hydrogen-bond donors (Lipinski definition) is 3. The molecule has 7 heteroatoms. The lowest BCUT2D eigenvalue weighted by atomic mass is 9.94. The van der Waals surface area contributed by atoms with Crippen LogP contribution in [0.4, 0.5) is 10.1 Å². The van der Waals surface area contributed by atoms with Crippen LogP contribution in [0.3, 0.4) is 0 Å². The molecule has 1 amide bonds. The van der Waals surface area contributed by atoms with Crippen LogP contribution in [0.1, 0.15) is 59.8 Å². The molecule has 2 rings (SSSR count). The zero-order valence-electron chi connectivity index (χ0n) is 17.2. The predicted molar refractivity (Wildman–Crippen MR) is 111 cm³/mol. The Morgan fingerprint density at radius 1 is 1.24 bits per heavy atom. The molecule has 29 heavy (non-hydrogen) atoms. The summed E-state index contributed by atoms with van der Waals surface area (Å²) in [5, 5.41) is 3.21. The lowest BCUT2D eigenvalue weighted by Gasteiger charge is -2.24. The number of hydrogen-bond acceptors (Lipinski definition) is 5. The normalized spacial score (nSPS) is 13.0. The molecule has 2 atom stereocenters. The Bertz CT molecular complexity index is 914. The maximum Gasteiger partial charge on any atom is 0.218 e. The van der Waals surface area contributed by atoms with E-state index < -0.39 is 23.5 Å². The minimum absolute atomic E-state index is 0.128. The Hall–Kier alpha value is -2.93. The summed E-state index contributed by atoms with van der Waals surface area (Å²) in [6, 6.07) is 7.37. The van der Waals surface area contributed by atoms with Crippen molar-refractivity contribution < 1.29 is 18.7 Å². The third kappa shape index (κ3) is 5.12. The van der Waals surface area contributed by atoms with Gasteiger partial charge in [-0.3, -0.25) is 9.59 Å². The van der Waals surface area contributed by atoms with E-state index in [-0.39, 0.29) is 23.8 Å². The van der Waals surface area contributed by atoms with Crippen molar-refractivity contribution in [1.82, 2.24) is 5.32 Å². The van der Waals surface area contributed by atoms with E-state index >= 15 is 4.39 Å². The molecule has 0 radical (unpaired) electrons. The van der Waals surface area contributed by atoms with Crippen LogP contribution in [0.25, 0.3) is 0 Å². The Balaban J connectivity index is 2.48. The molecule has 0 aromatic heterocycles. The summed E-state index contributed by atoms with van der Waals surface area (Å²) >= 11 is 0. The van der Waals surface area contributed by atoms with Crippen LogP contribution in [0.2, 0.25) is 0 Å². The van der Waals surface area contributed by atoms with Crippen molar-refractivity contribution in [3.63, 3.8) is 0 Å². The molecule has 0 aliphatic carbocycles. The summed E-state index contributed by atoms with van der Waals surface area (Å²) in [7, 11) is 1.39. The van der Waals surface area contributed by atoms with Gasteiger partial charge in [-0.05, 0) is 50.1 Å². The van der Waals surface area contributed by atoms with E-state index in [9.17, 15) is 9.59 Å². The van der Waals surface area contributed by atoms with E-state index in [1.165, 1.54) is 7.11 Å². The van der Waals surface area contributed by atoms with E-state index in [1.807, 2.05) is 6.92 Å². The highest BCUT2D eigenvalue weighted by Crippen LogP contribution is 2.32. The largest absolute Gasteiger partial charge is 0.496 e. The Morgan fingerprint density at radius 3 is 2.48 bits per heavy atom. The second-order valence-corrected chi connectivity index (χ2v) is 7.15. The van der Waals surface area contributed by atoms with Crippen molar-refractivity contribution >= 4 is 17.4 Å². The van der Waals surface area contributed by atoms with Gasteiger partial charge < -0.3 is 21.5 Å². The van der Waals surface area contributed by atoms with Crippen molar-refractivity contribution in [3.8, 4) is 5.75 Å². The zero-order valence-corrected chi connectivity index (χ0v) is 17.2. The SMILES string of the molecule is CCC(N[C@H](C)CC(N)=O)c1ccc(OC)c(C(=O)c2ccc(N)c(C)c2)c1F. The highest BCUT2D eigenvalue weighted by molar-refractivity contribution is 6.11. The first kappa shape index (κ1) is 22.4. The predicted octanol–water partition coefficient (Wildman–Crippen LogP) is 3.26. The molecule has 0 bridgehead atoms. The first-order valence-corrected chi connectivity index (χ1v) is 9.51. The van der Waals surface area contributed by atoms with Crippen LogP contribution in [0, 0.1) is 12.7 Å². The van der Waals surface area contributed by atoms with Gasteiger partial charge in [0.1, 0.15) is 17.1 Å². The van der Waals surface area contributed by atoms with Gasteiger partial charge in [0, 0.05) is 35.3 Å². The molecule has 2 aromatic carbocycles. The molecule has 0 saturated carbocycles. The summed E-state index contributed by atoms with van der Waals surface area (Å²) in [6.07, 6.45) is 0.686. The number of nitrogens with one attached hydrogen (secondary N) is 1. The first-order chi connectivity index (χ1) is 13.7. The Kier molecular flexibility index (Phi) is 7.34. The van der Waals surface area contributed by atoms with Crippen molar-refractivity contribution in [1.29, 1.82) is 0 Å². The summed E-state index contributed by atoms with van der Waals surface area (Å²) in [6.45, 7) is 5.48. The van der Waals surface area contributed by atoms with Crippen LogP contribution < -0.4 is 21.5 Å². The topological polar surface area (TPSA) is 107 Å². The first-order valence-electron chi connectivity index (χ1n) is 9.51. The van der Waals surface area contributed by atoms with Gasteiger partial charge in [-0.1, -0.05) is 13.0 Å². The van der Waals surface area contributed by atoms with Gasteiger partial charge in [-0.25, -0.2) is 4.39 Å². The van der Waals surface area contributed by atoms with Crippen LogP contribution in [0.5, 0.6) is 5.75 Å². The van der Waals surface area contributed by atoms with Crippen LogP contribution in [0.15, 0.2) is 30.3 Å².